The molecule has 0 unspecified atom stereocenters. The van der Waals surface area contributed by atoms with Crippen molar-refractivity contribution in [3.63, 3.8) is 0 Å². The second kappa shape index (κ2) is 9.46. The minimum Gasteiger partial charge on any atom is -0.497 e. The number of amides is 1. The monoisotopic (exact) mass is 445 g/mol. The van der Waals surface area contributed by atoms with Gasteiger partial charge in [0.05, 0.1) is 7.11 Å². The Kier molecular flexibility index (Phi) is 7.56. The molecule has 1 amide bonds. The number of alkyl halides is 3. The molecule has 0 aliphatic carbocycles. The van der Waals surface area contributed by atoms with Gasteiger partial charge in [-0.15, -0.1) is 0 Å². The summed E-state index contributed by atoms with van der Waals surface area (Å²) in [5.74, 6) is 0.200. The first kappa shape index (κ1) is 21.6. The van der Waals surface area contributed by atoms with Crippen LogP contribution in [-0.2, 0) is 0 Å². The van der Waals surface area contributed by atoms with Crippen LogP contribution in [0.15, 0.2) is 48.5 Å². The molecule has 27 heavy (non-hydrogen) atoms. The predicted molar refractivity (Wildman–Crippen MR) is 115 cm³/mol. The average molecular weight is 447 g/mol. The highest BCUT2D eigenvalue weighted by Gasteiger charge is 2.34. The van der Waals surface area contributed by atoms with E-state index in [0.717, 1.165) is 11.3 Å². The van der Waals surface area contributed by atoms with E-state index in [0.29, 0.717) is 11.3 Å². The first-order valence-electron chi connectivity index (χ1n) is 7.85. The molecule has 0 radical (unpaired) electrons. The molecule has 2 aromatic carbocycles. The van der Waals surface area contributed by atoms with Crippen LogP contribution in [0.4, 0.5) is 5.69 Å². The number of carbonyl (C=O) groups is 1. The van der Waals surface area contributed by atoms with Gasteiger partial charge in [0.1, 0.15) is 11.9 Å². The first-order chi connectivity index (χ1) is 12.7. The summed E-state index contributed by atoms with van der Waals surface area (Å²) in [4.78, 5) is 12.4. The van der Waals surface area contributed by atoms with Crippen molar-refractivity contribution in [3.05, 3.63) is 59.7 Å². The van der Waals surface area contributed by atoms with Gasteiger partial charge < -0.3 is 20.7 Å². The Balaban J connectivity index is 2.04. The van der Waals surface area contributed by atoms with Gasteiger partial charge in [-0.05, 0) is 55.5 Å². The molecule has 2 aromatic rings. The number of rotatable bonds is 5. The second-order valence-corrected chi connectivity index (χ2v) is 8.42. The molecule has 0 bridgehead atoms. The zero-order valence-corrected chi connectivity index (χ0v) is 17.6. The molecule has 9 heteroatoms. The lowest BCUT2D eigenvalue weighted by Gasteiger charge is -2.27. The van der Waals surface area contributed by atoms with Crippen LogP contribution >= 0.6 is 47.0 Å². The number of anilines is 1. The number of ether oxygens (including phenoxy) is 1. The third kappa shape index (κ3) is 6.74. The third-order valence-corrected chi connectivity index (χ3v) is 4.41. The summed E-state index contributed by atoms with van der Waals surface area (Å²) >= 11 is 23.2. The molecule has 2 rings (SSSR count). The van der Waals surface area contributed by atoms with Crippen molar-refractivity contribution in [2.75, 3.05) is 12.4 Å². The smallest absolute Gasteiger partial charge is 0.252 e. The molecule has 144 valence electrons. The highest BCUT2D eigenvalue weighted by molar-refractivity contribution is 7.80. The highest BCUT2D eigenvalue weighted by Crippen LogP contribution is 2.29. The summed E-state index contributed by atoms with van der Waals surface area (Å²) in [5.41, 5.74) is 2.27. The van der Waals surface area contributed by atoms with Crippen molar-refractivity contribution in [3.8, 4) is 5.75 Å². The Morgan fingerprint density at radius 1 is 1.04 bits per heavy atom. The van der Waals surface area contributed by atoms with E-state index in [4.69, 9.17) is 51.8 Å². The number of halogens is 3. The fourth-order valence-electron chi connectivity index (χ4n) is 2.09. The van der Waals surface area contributed by atoms with E-state index in [9.17, 15) is 4.79 Å². The van der Waals surface area contributed by atoms with Crippen LogP contribution in [-0.4, -0.2) is 28.1 Å². The van der Waals surface area contributed by atoms with E-state index >= 15 is 0 Å². The Labute approximate surface area is 178 Å². The summed E-state index contributed by atoms with van der Waals surface area (Å²) in [5, 5.41) is 8.61. The van der Waals surface area contributed by atoms with Gasteiger partial charge in [0.15, 0.2) is 5.11 Å². The second-order valence-electron chi connectivity index (χ2n) is 5.64. The molecule has 0 aliphatic heterocycles. The molecular weight excluding hydrogens is 429 g/mol. The fourth-order valence-corrected chi connectivity index (χ4v) is 2.65. The molecule has 0 spiro atoms. The van der Waals surface area contributed by atoms with E-state index in [1.165, 1.54) is 0 Å². The predicted octanol–water partition coefficient (Wildman–Crippen LogP) is 4.42. The van der Waals surface area contributed by atoms with Crippen molar-refractivity contribution in [1.29, 1.82) is 0 Å². The largest absolute Gasteiger partial charge is 0.497 e. The third-order valence-electron chi connectivity index (χ3n) is 3.54. The topological polar surface area (TPSA) is 62.4 Å². The molecule has 1 atom stereocenters. The van der Waals surface area contributed by atoms with Crippen molar-refractivity contribution in [2.45, 2.75) is 16.9 Å². The van der Waals surface area contributed by atoms with Gasteiger partial charge in [0.25, 0.3) is 5.91 Å². The Morgan fingerprint density at radius 2 is 1.63 bits per heavy atom. The van der Waals surface area contributed by atoms with Crippen LogP contribution in [0.5, 0.6) is 5.75 Å². The minimum absolute atomic E-state index is 0.199. The van der Waals surface area contributed by atoms with E-state index in [1.54, 1.807) is 31.4 Å². The molecule has 0 aromatic heterocycles. The Hall–Kier alpha value is -1.73. The average Bonchev–Trinajstić information content (AvgIpc) is 2.62. The molecular formula is C18H18Cl3N3O2S. The number of hydrogen-bond donors (Lipinski definition) is 3. The number of methoxy groups -OCH3 is 1. The van der Waals surface area contributed by atoms with Crippen LogP contribution in [0.25, 0.3) is 0 Å². The van der Waals surface area contributed by atoms with Crippen LogP contribution in [0, 0.1) is 6.92 Å². The summed E-state index contributed by atoms with van der Waals surface area (Å²) < 4.78 is 3.24. The van der Waals surface area contributed by atoms with E-state index < -0.39 is 15.9 Å². The Morgan fingerprint density at radius 3 is 2.15 bits per heavy atom. The molecule has 3 N–H and O–H groups in total. The van der Waals surface area contributed by atoms with Gasteiger partial charge in [-0.3, -0.25) is 4.79 Å². The van der Waals surface area contributed by atoms with Gasteiger partial charge in [-0.25, -0.2) is 0 Å². The number of aryl methyl sites for hydroxylation is 1. The lowest BCUT2D eigenvalue weighted by atomic mass is 10.2. The normalized spacial score (nSPS) is 12.0. The van der Waals surface area contributed by atoms with Gasteiger partial charge >= 0.3 is 0 Å². The number of nitrogens with one attached hydrogen (secondary N) is 3. The highest BCUT2D eigenvalue weighted by atomic mass is 35.6. The first-order valence-corrected chi connectivity index (χ1v) is 9.39. The van der Waals surface area contributed by atoms with Crippen LogP contribution in [0.1, 0.15) is 15.9 Å². The SMILES string of the molecule is COc1ccc(C(=O)N[C@@H](NC(=S)Nc2ccc(C)cc2)C(Cl)(Cl)Cl)cc1. The maximum atomic E-state index is 12.4. The Bertz CT molecular complexity index is 793. The zero-order chi connectivity index (χ0) is 20.0. The summed E-state index contributed by atoms with van der Waals surface area (Å²) in [6, 6.07) is 14.1. The van der Waals surface area contributed by atoms with Gasteiger partial charge in [-0.2, -0.15) is 0 Å². The number of thiocarbonyl (C=S) groups is 1. The molecule has 0 saturated heterocycles. The van der Waals surface area contributed by atoms with Crippen molar-refractivity contribution >= 4 is 63.7 Å². The van der Waals surface area contributed by atoms with Gasteiger partial charge in [0, 0.05) is 11.3 Å². The van der Waals surface area contributed by atoms with Crippen molar-refractivity contribution in [2.24, 2.45) is 0 Å². The maximum absolute atomic E-state index is 12.4. The molecule has 0 fully saturated rings. The summed E-state index contributed by atoms with van der Waals surface area (Å²) in [6.45, 7) is 1.98. The quantitative estimate of drug-likeness (QED) is 0.361. The fraction of sp³-hybridized carbons (Fsp3) is 0.222. The van der Waals surface area contributed by atoms with E-state index in [-0.39, 0.29) is 5.11 Å². The molecule has 0 saturated carbocycles. The summed E-state index contributed by atoms with van der Waals surface area (Å²) in [7, 11) is 1.54. The lowest BCUT2D eigenvalue weighted by Crippen LogP contribution is -2.56. The zero-order valence-electron chi connectivity index (χ0n) is 14.6. The number of carbonyl (C=O) groups excluding carboxylic acids is 1. The molecule has 0 heterocycles. The van der Waals surface area contributed by atoms with Gasteiger partial charge in [-0.1, -0.05) is 52.5 Å². The van der Waals surface area contributed by atoms with Crippen LogP contribution in [0.2, 0.25) is 0 Å². The maximum Gasteiger partial charge on any atom is 0.252 e. The lowest BCUT2D eigenvalue weighted by molar-refractivity contribution is 0.0934. The standard InChI is InChI=1S/C18H18Cl3N3O2S/c1-11-3-7-13(8-4-11)22-17(27)24-16(18(19,20)21)23-15(25)12-5-9-14(26-2)10-6-12/h3-10,16H,1-2H3,(H,23,25)(H2,22,24,27)/t16-/m0/s1. The summed E-state index contributed by atoms with van der Waals surface area (Å²) in [6.07, 6.45) is -1.05. The van der Waals surface area contributed by atoms with E-state index in [1.807, 2.05) is 31.2 Å². The van der Waals surface area contributed by atoms with Gasteiger partial charge in [0.2, 0.25) is 3.79 Å². The molecule has 0 aliphatic rings. The number of hydrogen-bond acceptors (Lipinski definition) is 3. The van der Waals surface area contributed by atoms with Crippen LogP contribution in [0.3, 0.4) is 0 Å². The van der Waals surface area contributed by atoms with Crippen molar-refractivity contribution in [1.82, 2.24) is 10.6 Å². The number of benzene rings is 2. The minimum atomic E-state index is -1.83. The van der Waals surface area contributed by atoms with Crippen molar-refractivity contribution < 1.29 is 9.53 Å². The van der Waals surface area contributed by atoms with E-state index in [2.05, 4.69) is 16.0 Å². The molecule has 5 nitrogen and oxygen atoms in total. The van der Waals surface area contributed by atoms with Crippen LogP contribution < -0.4 is 20.7 Å².